The van der Waals surface area contributed by atoms with E-state index in [1.54, 1.807) is 11.8 Å². The number of fused-ring (bicyclic) bond motifs is 1. The normalized spacial score (nSPS) is 17.3. The fraction of sp³-hybridized carbons (Fsp3) is 0.143. The van der Waals surface area contributed by atoms with Crippen LogP contribution in [-0.2, 0) is 0 Å². The van der Waals surface area contributed by atoms with Crippen LogP contribution in [0.15, 0.2) is 45.8 Å². The van der Waals surface area contributed by atoms with E-state index in [1.165, 1.54) is 11.0 Å². The summed E-state index contributed by atoms with van der Waals surface area (Å²) in [6.07, 6.45) is 0. The fourth-order valence-electron chi connectivity index (χ4n) is 2.10. The number of thioether (sulfide) groups is 1. The topological polar surface area (TPSA) is 12.0 Å². The predicted octanol–water partition coefficient (Wildman–Crippen LogP) is 4.99. The Hall–Kier alpha value is -1.07. The maximum Gasteiger partial charge on any atom is 0.147 e. The summed E-state index contributed by atoms with van der Waals surface area (Å²) in [4.78, 5) is 1.19. The molecule has 2 aromatic carbocycles. The van der Waals surface area contributed by atoms with Gasteiger partial charge in [0.25, 0.3) is 0 Å². The lowest BCUT2D eigenvalue weighted by atomic mass is 10.1. The Labute approximate surface area is 122 Å². The summed E-state index contributed by atoms with van der Waals surface area (Å²) in [7, 11) is 0. The van der Waals surface area contributed by atoms with Crippen LogP contribution >= 0.6 is 27.7 Å². The Morgan fingerprint density at radius 1 is 1.16 bits per heavy atom. The molecule has 1 heterocycles. The number of halogens is 3. The van der Waals surface area contributed by atoms with E-state index in [4.69, 9.17) is 0 Å². The summed E-state index contributed by atoms with van der Waals surface area (Å²) >= 11 is 4.69. The van der Waals surface area contributed by atoms with Crippen LogP contribution in [0.1, 0.15) is 11.6 Å². The van der Waals surface area contributed by atoms with Crippen LogP contribution in [0.3, 0.4) is 0 Å². The van der Waals surface area contributed by atoms with Gasteiger partial charge >= 0.3 is 0 Å². The first-order chi connectivity index (χ1) is 9.15. The van der Waals surface area contributed by atoms with Gasteiger partial charge in [-0.2, -0.15) is 0 Å². The molecular formula is C14H10BrF2NS. The largest absolute Gasteiger partial charge is 0.375 e. The minimum atomic E-state index is -0.470. The zero-order chi connectivity index (χ0) is 13.4. The van der Waals surface area contributed by atoms with Crippen molar-refractivity contribution in [1.82, 2.24) is 0 Å². The van der Waals surface area contributed by atoms with Crippen LogP contribution in [0, 0.1) is 11.6 Å². The first-order valence-electron chi connectivity index (χ1n) is 5.78. The zero-order valence-electron chi connectivity index (χ0n) is 9.79. The second-order valence-electron chi connectivity index (χ2n) is 4.29. The SMILES string of the molecule is Fc1cc(NC2CSc3ccccc32)c(F)cc1Br. The van der Waals surface area contributed by atoms with Gasteiger partial charge in [-0.25, -0.2) is 8.78 Å². The van der Waals surface area contributed by atoms with Crippen molar-refractivity contribution in [2.75, 3.05) is 11.1 Å². The van der Waals surface area contributed by atoms with E-state index in [9.17, 15) is 8.78 Å². The number of benzene rings is 2. The summed E-state index contributed by atoms with van der Waals surface area (Å²) in [5, 5.41) is 3.08. The van der Waals surface area contributed by atoms with Gasteiger partial charge in [0, 0.05) is 16.7 Å². The van der Waals surface area contributed by atoms with E-state index in [2.05, 4.69) is 21.2 Å². The number of anilines is 1. The molecule has 0 radical (unpaired) electrons. The summed E-state index contributed by atoms with van der Waals surface area (Å²) < 4.78 is 27.4. The van der Waals surface area contributed by atoms with Gasteiger partial charge in [0.05, 0.1) is 16.2 Å². The molecule has 3 rings (SSSR count). The van der Waals surface area contributed by atoms with Crippen molar-refractivity contribution in [3.63, 3.8) is 0 Å². The van der Waals surface area contributed by atoms with Crippen molar-refractivity contribution in [2.45, 2.75) is 10.9 Å². The predicted molar refractivity (Wildman–Crippen MR) is 77.6 cm³/mol. The lowest BCUT2D eigenvalue weighted by Gasteiger charge is -2.15. The summed E-state index contributed by atoms with van der Waals surface area (Å²) in [6, 6.07) is 10.3. The Bertz CT molecular complexity index is 633. The van der Waals surface area contributed by atoms with E-state index in [-0.39, 0.29) is 16.2 Å². The third kappa shape index (κ3) is 2.49. The Kier molecular flexibility index (Phi) is 3.50. The molecule has 19 heavy (non-hydrogen) atoms. The lowest BCUT2D eigenvalue weighted by molar-refractivity contribution is 0.595. The lowest BCUT2D eigenvalue weighted by Crippen LogP contribution is -2.11. The van der Waals surface area contributed by atoms with Crippen LogP contribution in [0.2, 0.25) is 0 Å². The molecule has 0 fully saturated rings. The van der Waals surface area contributed by atoms with Crippen molar-refractivity contribution in [3.05, 3.63) is 58.1 Å². The highest BCUT2D eigenvalue weighted by Gasteiger charge is 2.23. The molecule has 0 bridgehead atoms. The van der Waals surface area contributed by atoms with Crippen molar-refractivity contribution in [1.29, 1.82) is 0 Å². The van der Waals surface area contributed by atoms with Crippen LogP contribution < -0.4 is 5.32 Å². The summed E-state index contributed by atoms with van der Waals surface area (Å²) in [5.74, 6) is -0.110. The molecule has 5 heteroatoms. The number of rotatable bonds is 2. The molecule has 0 amide bonds. The second kappa shape index (κ2) is 5.13. The maximum atomic E-state index is 13.8. The van der Waals surface area contributed by atoms with E-state index < -0.39 is 11.6 Å². The van der Waals surface area contributed by atoms with Crippen molar-refractivity contribution >= 4 is 33.4 Å². The van der Waals surface area contributed by atoms with Gasteiger partial charge in [-0.05, 0) is 33.6 Å². The molecule has 0 saturated heterocycles. The van der Waals surface area contributed by atoms with E-state index in [0.29, 0.717) is 0 Å². The molecule has 0 aromatic heterocycles. The number of nitrogens with one attached hydrogen (secondary N) is 1. The minimum Gasteiger partial charge on any atom is -0.375 e. The number of hydrogen-bond donors (Lipinski definition) is 1. The number of hydrogen-bond acceptors (Lipinski definition) is 2. The molecule has 1 nitrogen and oxygen atoms in total. The van der Waals surface area contributed by atoms with Crippen LogP contribution in [0.5, 0.6) is 0 Å². The van der Waals surface area contributed by atoms with Gasteiger partial charge in [0.15, 0.2) is 0 Å². The Morgan fingerprint density at radius 2 is 1.95 bits per heavy atom. The zero-order valence-corrected chi connectivity index (χ0v) is 12.2. The quantitative estimate of drug-likeness (QED) is 0.772. The third-order valence-electron chi connectivity index (χ3n) is 3.04. The maximum absolute atomic E-state index is 13.8. The van der Waals surface area contributed by atoms with Gasteiger partial charge in [-0.3, -0.25) is 0 Å². The molecule has 1 N–H and O–H groups in total. The average Bonchev–Trinajstić information content (AvgIpc) is 2.80. The van der Waals surface area contributed by atoms with Gasteiger partial charge < -0.3 is 5.32 Å². The van der Waals surface area contributed by atoms with Crippen LogP contribution in [-0.4, -0.2) is 5.75 Å². The summed E-state index contributed by atoms with van der Waals surface area (Å²) in [5.41, 5.74) is 1.33. The monoisotopic (exact) mass is 341 g/mol. The average molecular weight is 342 g/mol. The van der Waals surface area contributed by atoms with Gasteiger partial charge in [0.1, 0.15) is 11.6 Å². The molecule has 1 atom stereocenters. The molecule has 0 saturated carbocycles. The van der Waals surface area contributed by atoms with Crippen LogP contribution in [0.25, 0.3) is 0 Å². The first-order valence-corrected chi connectivity index (χ1v) is 7.56. The van der Waals surface area contributed by atoms with E-state index >= 15 is 0 Å². The highest BCUT2D eigenvalue weighted by atomic mass is 79.9. The Balaban J connectivity index is 1.89. The molecule has 2 aromatic rings. The molecule has 0 spiro atoms. The van der Waals surface area contributed by atoms with Gasteiger partial charge in [0.2, 0.25) is 0 Å². The molecule has 1 aliphatic heterocycles. The molecular weight excluding hydrogens is 332 g/mol. The highest BCUT2D eigenvalue weighted by Crippen LogP contribution is 2.40. The van der Waals surface area contributed by atoms with Crippen LogP contribution in [0.4, 0.5) is 14.5 Å². The Morgan fingerprint density at radius 3 is 2.79 bits per heavy atom. The van der Waals surface area contributed by atoms with Crippen molar-refractivity contribution in [2.24, 2.45) is 0 Å². The highest BCUT2D eigenvalue weighted by molar-refractivity contribution is 9.10. The van der Waals surface area contributed by atoms with E-state index in [0.717, 1.165) is 17.4 Å². The third-order valence-corrected chi connectivity index (χ3v) is 4.83. The molecule has 1 aliphatic rings. The van der Waals surface area contributed by atoms with E-state index in [1.807, 2.05) is 24.3 Å². The molecule has 1 unspecified atom stereocenters. The van der Waals surface area contributed by atoms with Crippen molar-refractivity contribution < 1.29 is 8.78 Å². The van der Waals surface area contributed by atoms with Gasteiger partial charge in [-0.15, -0.1) is 11.8 Å². The smallest absolute Gasteiger partial charge is 0.147 e. The molecule has 98 valence electrons. The van der Waals surface area contributed by atoms with Gasteiger partial charge in [-0.1, -0.05) is 18.2 Å². The second-order valence-corrected chi connectivity index (χ2v) is 6.21. The van der Waals surface area contributed by atoms with Crippen molar-refractivity contribution in [3.8, 4) is 0 Å². The minimum absolute atomic E-state index is 0.0104. The standard InChI is InChI=1S/C14H10BrF2NS/c15-9-5-11(17)12(6-10(9)16)18-13-7-19-14-4-2-1-3-8(13)14/h1-6,13,18H,7H2. The summed E-state index contributed by atoms with van der Waals surface area (Å²) in [6.45, 7) is 0. The molecule has 0 aliphatic carbocycles. The fourth-order valence-corrected chi connectivity index (χ4v) is 3.58. The first kappa shape index (κ1) is 12.9.